The van der Waals surface area contributed by atoms with Gasteiger partial charge in [0.25, 0.3) is 0 Å². The first-order valence-electron chi connectivity index (χ1n) is 8.46. The molecule has 21 heavy (non-hydrogen) atoms. The predicted octanol–water partition coefficient (Wildman–Crippen LogP) is 3.56. The van der Waals surface area contributed by atoms with Crippen molar-refractivity contribution in [2.45, 2.75) is 45.7 Å². The normalized spacial score (nSPS) is 25.4. The number of fused-ring (bicyclic) bond motifs is 1. The summed E-state index contributed by atoms with van der Waals surface area (Å²) in [7, 11) is 0. The molecule has 0 aromatic heterocycles. The third-order valence-corrected chi connectivity index (χ3v) is 5.06. The van der Waals surface area contributed by atoms with Crippen LogP contribution >= 0.6 is 0 Å². The van der Waals surface area contributed by atoms with E-state index in [2.05, 4.69) is 17.1 Å². The molecular weight excluding hydrogens is 263 g/mol. The van der Waals surface area contributed by atoms with E-state index in [-0.39, 0.29) is 5.82 Å². The topological polar surface area (TPSA) is 15.3 Å². The average Bonchev–Trinajstić information content (AvgIpc) is 3.03. The van der Waals surface area contributed by atoms with E-state index in [9.17, 15) is 4.39 Å². The molecule has 3 rings (SSSR count). The van der Waals surface area contributed by atoms with E-state index >= 15 is 0 Å². The summed E-state index contributed by atoms with van der Waals surface area (Å²) in [6.45, 7) is 7.13. The maximum atomic E-state index is 14.1. The second-order valence-corrected chi connectivity index (χ2v) is 6.75. The molecule has 1 aliphatic heterocycles. The van der Waals surface area contributed by atoms with Crippen LogP contribution < -0.4 is 5.32 Å². The van der Waals surface area contributed by atoms with Gasteiger partial charge in [-0.05, 0) is 49.3 Å². The minimum Gasteiger partial charge on any atom is -0.313 e. The van der Waals surface area contributed by atoms with E-state index in [1.165, 1.54) is 37.9 Å². The molecule has 1 saturated heterocycles. The van der Waals surface area contributed by atoms with Crippen molar-refractivity contribution < 1.29 is 4.39 Å². The third kappa shape index (κ3) is 3.64. The quantitative estimate of drug-likeness (QED) is 0.806. The highest BCUT2D eigenvalue weighted by molar-refractivity contribution is 5.25. The summed E-state index contributed by atoms with van der Waals surface area (Å²) in [4.78, 5) is 2.45. The molecule has 2 nitrogen and oxygen atoms in total. The summed E-state index contributed by atoms with van der Waals surface area (Å²) in [5, 5.41) is 3.39. The van der Waals surface area contributed by atoms with Gasteiger partial charge in [-0.25, -0.2) is 4.39 Å². The van der Waals surface area contributed by atoms with Crippen LogP contribution in [0.1, 0.15) is 43.7 Å². The number of nitrogens with one attached hydrogen (secondary N) is 1. The smallest absolute Gasteiger partial charge is 0.127 e. The first-order chi connectivity index (χ1) is 10.3. The Balaban J connectivity index is 1.60. The van der Waals surface area contributed by atoms with Crippen LogP contribution in [-0.2, 0) is 13.1 Å². The van der Waals surface area contributed by atoms with Gasteiger partial charge in [-0.15, -0.1) is 0 Å². The van der Waals surface area contributed by atoms with Crippen molar-refractivity contribution in [3.8, 4) is 0 Å². The van der Waals surface area contributed by atoms with Crippen LogP contribution in [0.2, 0.25) is 0 Å². The van der Waals surface area contributed by atoms with Gasteiger partial charge in [0.15, 0.2) is 0 Å². The standard InChI is InChI=1S/C18H27FN2/c1-2-8-20-10-14-6-7-18(19)17(9-14)13-21-11-15-4-3-5-16(15)12-21/h6-7,9,15-16,20H,2-5,8,10-13H2,1H3. The van der Waals surface area contributed by atoms with Gasteiger partial charge in [-0.3, -0.25) is 4.90 Å². The summed E-state index contributed by atoms with van der Waals surface area (Å²) < 4.78 is 14.1. The van der Waals surface area contributed by atoms with Gasteiger partial charge >= 0.3 is 0 Å². The lowest BCUT2D eigenvalue weighted by atomic mass is 10.0. The van der Waals surface area contributed by atoms with Crippen molar-refractivity contribution >= 4 is 0 Å². The van der Waals surface area contributed by atoms with Crippen molar-refractivity contribution in [2.24, 2.45) is 11.8 Å². The number of hydrogen-bond acceptors (Lipinski definition) is 2. The Morgan fingerprint density at radius 1 is 1.24 bits per heavy atom. The van der Waals surface area contributed by atoms with Crippen LogP contribution in [0.3, 0.4) is 0 Å². The molecule has 0 amide bonds. The third-order valence-electron chi connectivity index (χ3n) is 5.06. The first kappa shape index (κ1) is 15.0. The average molecular weight is 290 g/mol. The van der Waals surface area contributed by atoms with Gasteiger partial charge in [0.05, 0.1) is 0 Å². The van der Waals surface area contributed by atoms with Crippen molar-refractivity contribution in [3.05, 3.63) is 35.1 Å². The lowest BCUT2D eigenvalue weighted by Crippen LogP contribution is -2.22. The Bertz CT molecular complexity index is 462. The van der Waals surface area contributed by atoms with E-state index < -0.39 is 0 Å². The summed E-state index contributed by atoms with van der Waals surface area (Å²) in [6, 6.07) is 5.58. The Hall–Kier alpha value is -0.930. The molecule has 1 N–H and O–H groups in total. The zero-order valence-corrected chi connectivity index (χ0v) is 13.1. The van der Waals surface area contributed by atoms with Crippen molar-refractivity contribution in [2.75, 3.05) is 19.6 Å². The first-order valence-corrected chi connectivity index (χ1v) is 8.46. The van der Waals surface area contributed by atoms with Crippen LogP contribution in [-0.4, -0.2) is 24.5 Å². The van der Waals surface area contributed by atoms with Crippen LogP contribution in [0.5, 0.6) is 0 Å². The molecule has 3 heteroatoms. The molecule has 1 aromatic carbocycles. The van der Waals surface area contributed by atoms with Gasteiger partial charge in [0.1, 0.15) is 5.82 Å². The maximum Gasteiger partial charge on any atom is 0.127 e. The fourth-order valence-electron chi connectivity index (χ4n) is 3.97. The molecule has 1 heterocycles. The van der Waals surface area contributed by atoms with Crippen LogP contribution in [0.4, 0.5) is 4.39 Å². The monoisotopic (exact) mass is 290 g/mol. The van der Waals surface area contributed by atoms with Crippen LogP contribution in [0.25, 0.3) is 0 Å². The second-order valence-electron chi connectivity index (χ2n) is 6.75. The minimum atomic E-state index is -0.0497. The largest absolute Gasteiger partial charge is 0.313 e. The second kappa shape index (κ2) is 6.89. The van der Waals surface area contributed by atoms with Gasteiger partial charge in [-0.1, -0.05) is 25.5 Å². The fraction of sp³-hybridized carbons (Fsp3) is 0.667. The highest BCUT2D eigenvalue weighted by atomic mass is 19.1. The van der Waals surface area contributed by atoms with Gasteiger partial charge in [0.2, 0.25) is 0 Å². The number of benzene rings is 1. The maximum absolute atomic E-state index is 14.1. The Labute approximate surface area is 127 Å². The van der Waals surface area contributed by atoms with Gasteiger partial charge in [0, 0.05) is 31.7 Å². The molecule has 1 saturated carbocycles. The van der Waals surface area contributed by atoms with E-state index in [0.717, 1.165) is 43.5 Å². The highest BCUT2D eigenvalue weighted by Gasteiger charge is 2.35. The number of rotatable bonds is 6. The Morgan fingerprint density at radius 2 is 2.00 bits per heavy atom. The van der Waals surface area contributed by atoms with E-state index in [1.54, 1.807) is 6.07 Å². The molecule has 116 valence electrons. The minimum absolute atomic E-state index is 0.0497. The lowest BCUT2D eigenvalue weighted by Gasteiger charge is -2.18. The summed E-state index contributed by atoms with van der Waals surface area (Å²) >= 11 is 0. The van der Waals surface area contributed by atoms with Crippen LogP contribution in [0, 0.1) is 17.7 Å². The number of nitrogens with zero attached hydrogens (tertiary/aromatic N) is 1. The van der Waals surface area contributed by atoms with E-state index in [4.69, 9.17) is 0 Å². The number of likely N-dealkylation sites (tertiary alicyclic amines) is 1. The highest BCUT2D eigenvalue weighted by Crippen LogP contribution is 2.38. The molecule has 2 unspecified atom stereocenters. The van der Waals surface area contributed by atoms with Gasteiger partial charge in [-0.2, -0.15) is 0 Å². The zero-order chi connectivity index (χ0) is 14.7. The molecule has 0 bridgehead atoms. The summed E-state index contributed by atoms with van der Waals surface area (Å²) in [6.07, 6.45) is 5.29. The number of halogens is 1. The summed E-state index contributed by atoms with van der Waals surface area (Å²) in [5.74, 6) is 1.70. The molecule has 0 radical (unpaired) electrons. The molecule has 2 aliphatic rings. The molecule has 2 atom stereocenters. The van der Waals surface area contributed by atoms with Crippen molar-refractivity contribution in [3.63, 3.8) is 0 Å². The Morgan fingerprint density at radius 3 is 2.71 bits per heavy atom. The number of hydrogen-bond donors (Lipinski definition) is 1. The molecule has 2 fully saturated rings. The molecule has 1 aromatic rings. The van der Waals surface area contributed by atoms with Crippen molar-refractivity contribution in [1.82, 2.24) is 10.2 Å². The van der Waals surface area contributed by atoms with E-state index in [0.29, 0.717) is 0 Å². The van der Waals surface area contributed by atoms with Gasteiger partial charge < -0.3 is 5.32 Å². The fourth-order valence-corrected chi connectivity index (χ4v) is 3.97. The molecular formula is C18H27FN2. The SMILES string of the molecule is CCCNCc1ccc(F)c(CN2CC3CCCC3C2)c1. The zero-order valence-electron chi connectivity index (χ0n) is 13.1. The molecule has 1 aliphatic carbocycles. The van der Waals surface area contributed by atoms with E-state index in [1.807, 2.05) is 12.1 Å². The Kier molecular flexibility index (Phi) is 4.91. The lowest BCUT2D eigenvalue weighted by molar-refractivity contribution is 0.298. The van der Waals surface area contributed by atoms with Crippen LogP contribution in [0.15, 0.2) is 18.2 Å². The van der Waals surface area contributed by atoms with Crippen molar-refractivity contribution in [1.29, 1.82) is 0 Å². The summed E-state index contributed by atoms with van der Waals surface area (Å²) in [5.41, 5.74) is 2.06. The predicted molar refractivity (Wildman–Crippen MR) is 84.5 cm³/mol. The molecule has 0 spiro atoms.